The molecule has 2 unspecified atom stereocenters. The van der Waals surface area contributed by atoms with Gasteiger partial charge in [0.05, 0.1) is 38.6 Å². The molecule has 0 radical (unpaired) electrons. The fourth-order valence-corrected chi connectivity index (χ4v) is 1.65. The van der Waals surface area contributed by atoms with Gasteiger partial charge in [0.2, 0.25) is 0 Å². The van der Waals surface area contributed by atoms with Gasteiger partial charge in [0.25, 0.3) is 0 Å². The monoisotopic (exact) mass is 217 g/mol. The van der Waals surface area contributed by atoms with E-state index in [0.29, 0.717) is 26.4 Å². The van der Waals surface area contributed by atoms with E-state index in [1.54, 1.807) is 0 Å². The minimum atomic E-state index is 0.135. The van der Waals surface area contributed by atoms with Crippen LogP contribution in [0.25, 0.3) is 0 Å². The van der Waals surface area contributed by atoms with Gasteiger partial charge in [-0.15, -0.1) is 0 Å². The molecule has 1 aliphatic heterocycles. The summed E-state index contributed by atoms with van der Waals surface area (Å²) in [6.07, 6.45) is 1.19. The molecule has 0 aromatic carbocycles. The van der Waals surface area contributed by atoms with Crippen molar-refractivity contribution >= 4 is 0 Å². The molecule has 0 aromatic heterocycles. The minimum absolute atomic E-state index is 0.135. The maximum atomic E-state index is 5.66. The van der Waals surface area contributed by atoms with E-state index in [2.05, 4.69) is 19.2 Å². The largest absolute Gasteiger partial charge is 0.380 e. The molecule has 0 amide bonds. The van der Waals surface area contributed by atoms with Crippen molar-refractivity contribution < 1.29 is 14.2 Å². The molecule has 1 saturated heterocycles. The molecule has 4 heteroatoms. The Kier molecular flexibility index (Phi) is 6.92. The zero-order valence-electron chi connectivity index (χ0n) is 9.83. The van der Waals surface area contributed by atoms with Crippen molar-refractivity contribution in [2.75, 3.05) is 39.6 Å². The molecule has 0 saturated carbocycles. The lowest BCUT2D eigenvalue weighted by molar-refractivity contribution is -0.110. The number of hydrogen-bond acceptors (Lipinski definition) is 4. The molecule has 0 bridgehead atoms. The number of rotatable bonds is 7. The summed E-state index contributed by atoms with van der Waals surface area (Å²) >= 11 is 0. The predicted molar refractivity (Wildman–Crippen MR) is 59.1 cm³/mol. The summed E-state index contributed by atoms with van der Waals surface area (Å²) in [4.78, 5) is 0. The first-order chi connectivity index (χ1) is 7.38. The predicted octanol–water partition coefficient (Wildman–Crippen LogP) is 0.806. The average molecular weight is 217 g/mol. The Bertz CT molecular complexity index is 149. The van der Waals surface area contributed by atoms with Crippen LogP contribution in [0.2, 0.25) is 0 Å². The zero-order chi connectivity index (χ0) is 10.9. The number of hydrogen-bond donors (Lipinski definition) is 1. The van der Waals surface area contributed by atoms with E-state index >= 15 is 0 Å². The van der Waals surface area contributed by atoms with E-state index in [1.165, 1.54) is 0 Å². The molecule has 1 fully saturated rings. The molecule has 1 rings (SSSR count). The van der Waals surface area contributed by atoms with E-state index in [4.69, 9.17) is 14.2 Å². The molecule has 0 aromatic rings. The van der Waals surface area contributed by atoms with Gasteiger partial charge < -0.3 is 19.5 Å². The van der Waals surface area contributed by atoms with E-state index in [9.17, 15) is 0 Å². The van der Waals surface area contributed by atoms with Crippen molar-refractivity contribution in [1.82, 2.24) is 5.32 Å². The molecule has 90 valence electrons. The Morgan fingerprint density at radius 1 is 1.40 bits per heavy atom. The summed E-state index contributed by atoms with van der Waals surface area (Å²) in [6.45, 7) is 8.74. The average Bonchev–Trinajstić information content (AvgIpc) is 2.29. The van der Waals surface area contributed by atoms with E-state index in [1.807, 2.05) is 0 Å². The van der Waals surface area contributed by atoms with E-state index in [0.717, 1.165) is 19.6 Å². The van der Waals surface area contributed by atoms with Crippen LogP contribution in [-0.2, 0) is 14.2 Å². The molecule has 15 heavy (non-hydrogen) atoms. The van der Waals surface area contributed by atoms with Crippen molar-refractivity contribution in [1.29, 1.82) is 0 Å². The van der Waals surface area contributed by atoms with E-state index in [-0.39, 0.29) is 12.1 Å². The summed E-state index contributed by atoms with van der Waals surface area (Å²) in [5.74, 6) is 0. The highest BCUT2D eigenvalue weighted by Gasteiger charge is 2.24. The fraction of sp³-hybridized carbons (Fsp3) is 1.00. The Hall–Kier alpha value is -0.160. The van der Waals surface area contributed by atoms with Crippen LogP contribution in [0.1, 0.15) is 20.3 Å². The number of likely N-dealkylation sites (N-methyl/N-ethyl adjacent to an activating group) is 1. The lowest BCUT2D eigenvalue weighted by atomic mass is 10.1. The standard InChI is InChI=1S/C11H23NO3/c1-3-5-13-8-10(12-4-2)11-9-14-6-7-15-11/h10-12H,3-9H2,1-2H3. The van der Waals surface area contributed by atoms with Gasteiger partial charge in [0, 0.05) is 6.61 Å². The molecule has 0 aliphatic carbocycles. The number of nitrogens with one attached hydrogen (secondary N) is 1. The van der Waals surface area contributed by atoms with Gasteiger partial charge in [-0.05, 0) is 13.0 Å². The molecule has 0 spiro atoms. The summed E-state index contributed by atoms with van der Waals surface area (Å²) in [5, 5.41) is 3.38. The third-order valence-electron chi connectivity index (χ3n) is 2.40. The van der Waals surface area contributed by atoms with Crippen molar-refractivity contribution in [2.45, 2.75) is 32.4 Å². The topological polar surface area (TPSA) is 39.7 Å². The first-order valence-corrected chi connectivity index (χ1v) is 5.89. The van der Waals surface area contributed by atoms with Crippen LogP contribution < -0.4 is 5.32 Å². The van der Waals surface area contributed by atoms with Crippen LogP contribution in [-0.4, -0.2) is 51.7 Å². The summed E-state index contributed by atoms with van der Waals surface area (Å²) < 4.78 is 16.6. The third kappa shape index (κ3) is 4.93. The highest BCUT2D eigenvalue weighted by Crippen LogP contribution is 2.06. The maximum Gasteiger partial charge on any atom is 0.0984 e. The molecular weight excluding hydrogens is 194 g/mol. The second kappa shape index (κ2) is 8.05. The van der Waals surface area contributed by atoms with Crippen LogP contribution in [0.3, 0.4) is 0 Å². The fourth-order valence-electron chi connectivity index (χ4n) is 1.65. The number of ether oxygens (including phenoxy) is 3. The van der Waals surface area contributed by atoms with Crippen LogP contribution in [0.4, 0.5) is 0 Å². The van der Waals surface area contributed by atoms with Gasteiger partial charge in [0.1, 0.15) is 0 Å². The molecule has 4 nitrogen and oxygen atoms in total. The van der Waals surface area contributed by atoms with E-state index < -0.39 is 0 Å². The van der Waals surface area contributed by atoms with Gasteiger partial charge in [0.15, 0.2) is 0 Å². The molecule has 1 heterocycles. The van der Waals surface area contributed by atoms with Crippen LogP contribution in [0.5, 0.6) is 0 Å². The summed E-state index contributed by atoms with van der Waals surface area (Å²) in [6, 6.07) is 0.252. The SMILES string of the molecule is CCCOCC(NCC)C1COCCO1. The lowest BCUT2D eigenvalue weighted by Gasteiger charge is -2.30. The molecular formula is C11H23NO3. The molecule has 1 aliphatic rings. The van der Waals surface area contributed by atoms with Crippen LogP contribution >= 0.6 is 0 Å². The Labute approximate surface area is 92.3 Å². The van der Waals surface area contributed by atoms with Crippen molar-refractivity contribution in [2.24, 2.45) is 0 Å². The quantitative estimate of drug-likeness (QED) is 0.641. The Balaban J connectivity index is 2.26. The Morgan fingerprint density at radius 2 is 2.27 bits per heavy atom. The minimum Gasteiger partial charge on any atom is -0.380 e. The summed E-state index contributed by atoms with van der Waals surface area (Å²) in [5.41, 5.74) is 0. The smallest absolute Gasteiger partial charge is 0.0984 e. The molecule has 1 N–H and O–H groups in total. The summed E-state index contributed by atoms with van der Waals surface area (Å²) in [7, 11) is 0. The zero-order valence-corrected chi connectivity index (χ0v) is 9.83. The Morgan fingerprint density at radius 3 is 2.87 bits per heavy atom. The van der Waals surface area contributed by atoms with Gasteiger partial charge in [-0.2, -0.15) is 0 Å². The third-order valence-corrected chi connectivity index (χ3v) is 2.40. The lowest BCUT2D eigenvalue weighted by Crippen LogP contribution is -2.49. The first kappa shape index (κ1) is 12.9. The van der Waals surface area contributed by atoms with Crippen molar-refractivity contribution in [3.63, 3.8) is 0 Å². The highest BCUT2D eigenvalue weighted by molar-refractivity contribution is 4.78. The normalized spacial score (nSPS) is 24.0. The van der Waals surface area contributed by atoms with Crippen LogP contribution in [0, 0.1) is 0 Å². The molecule has 2 atom stereocenters. The van der Waals surface area contributed by atoms with Crippen molar-refractivity contribution in [3.05, 3.63) is 0 Å². The van der Waals surface area contributed by atoms with Gasteiger partial charge in [-0.3, -0.25) is 0 Å². The second-order valence-electron chi connectivity index (χ2n) is 3.72. The van der Waals surface area contributed by atoms with Gasteiger partial charge in [-0.25, -0.2) is 0 Å². The first-order valence-electron chi connectivity index (χ1n) is 5.89. The van der Waals surface area contributed by atoms with Gasteiger partial charge >= 0.3 is 0 Å². The van der Waals surface area contributed by atoms with Crippen molar-refractivity contribution in [3.8, 4) is 0 Å². The van der Waals surface area contributed by atoms with Crippen LogP contribution in [0.15, 0.2) is 0 Å². The highest BCUT2D eigenvalue weighted by atomic mass is 16.6. The second-order valence-corrected chi connectivity index (χ2v) is 3.72. The van der Waals surface area contributed by atoms with Gasteiger partial charge in [-0.1, -0.05) is 13.8 Å². The maximum absolute atomic E-state index is 5.66.